The predicted molar refractivity (Wildman–Crippen MR) is 112 cm³/mol. The van der Waals surface area contributed by atoms with Crippen molar-refractivity contribution in [3.63, 3.8) is 0 Å². The third-order valence-corrected chi connectivity index (χ3v) is 5.28. The molecule has 28 heavy (non-hydrogen) atoms. The van der Waals surface area contributed by atoms with E-state index in [1.807, 2.05) is 41.3 Å². The van der Waals surface area contributed by atoms with Crippen LogP contribution in [0.2, 0.25) is 10.0 Å². The van der Waals surface area contributed by atoms with Crippen molar-refractivity contribution in [1.82, 2.24) is 15.1 Å². The summed E-state index contributed by atoms with van der Waals surface area (Å²) in [6.45, 7) is 2.72. The van der Waals surface area contributed by atoms with Crippen LogP contribution in [-0.4, -0.2) is 47.2 Å². The number of carbonyl (C=O) groups excluding carboxylic acids is 1. The molecule has 0 aliphatic carbocycles. The average Bonchev–Trinajstić information content (AvgIpc) is 2.75. The van der Waals surface area contributed by atoms with E-state index in [4.69, 9.17) is 23.2 Å². The van der Waals surface area contributed by atoms with Crippen molar-refractivity contribution in [3.05, 3.63) is 76.3 Å². The number of carbonyl (C=O) groups is 1. The van der Waals surface area contributed by atoms with Gasteiger partial charge < -0.3 is 9.80 Å². The molecule has 0 atom stereocenters. The van der Waals surface area contributed by atoms with Crippen LogP contribution in [0.1, 0.15) is 10.4 Å². The van der Waals surface area contributed by atoms with Crippen molar-refractivity contribution in [2.75, 3.05) is 31.1 Å². The zero-order chi connectivity index (χ0) is 19.5. The number of anilines is 1. The minimum Gasteiger partial charge on any atom is -0.352 e. The molecule has 142 valence electrons. The number of hydrogen-bond donors (Lipinski definition) is 0. The maximum Gasteiger partial charge on any atom is 0.253 e. The summed E-state index contributed by atoms with van der Waals surface area (Å²) in [6.07, 6.45) is 0. The average molecular weight is 413 g/mol. The van der Waals surface area contributed by atoms with Gasteiger partial charge in [0.15, 0.2) is 5.82 Å². The molecule has 4 rings (SSSR count). The molecule has 2 heterocycles. The smallest absolute Gasteiger partial charge is 0.253 e. The summed E-state index contributed by atoms with van der Waals surface area (Å²) in [6, 6.07) is 18.4. The van der Waals surface area contributed by atoms with Gasteiger partial charge in [-0.15, -0.1) is 10.2 Å². The Morgan fingerprint density at radius 3 is 1.93 bits per heavy atom. The fraction of sp³-hybridized carbons (Fsp3) is 0.190. The van der Waals surface area contributed by atoms with Crippen LogP contribution in [0.25, 0.3) is 11.3 Å². The van der Waals surface area contributed by atoms with E-state index in [2.05, 4.69) is 15.1 Å². The molecule has 1 amide bonds. The van der Waals surface area contributed by atoms with E-state index in [0.717, 1.165) is 17.1 Å². The van der Waals surface area contributed by atoms with Crippen LogP contribution in [0.15, 0.2) is 60.7 Å². The third kappa shape index (κ3) is 4.11. The molecule has 5 nitrogen and oxygen atoms in total. The lowest BCUT2D eigenvalue weighted by molar-refractivity contribution is 0.0746. The maximum atomic E-state index is 12.6. The van der Waals surface area contributed by atoms with Gasteiger partial charge in [0.25, 0.3) is 5.91 Å². The first kappa shape index (κ1) is 18.7. The molecule has 0 radical (unpaired) electrons. The minimum atomic E-state index is 0.0282. The summed E-state index contributed by atoms with van der Waals surface area (Å²) < 4.78 is 0. The highest BCUT2D eigenvalue weighted by Crippen LogP contribution is 2.21. The van der Waals surface area contributed by atoms with Crippen molar-refractivity contribution in [2.45, 2.75) is 0 Å². The Kier molecular flexibility index (Phi) is 5.46. The van der Waals surface area contributed by atoms with Crippen LogP contribution in [-0.2, 0) is 0 Å². The van der Waals surface area contributed by atoms with Crippen LogP contribution in [0.3, 0.4) is 0 Å². The van der Waals surface area contributed by atoms with Crippen LogP contribution in [0.4, 0.5) is 5.82 Å². The van der Waals surface area contributed by atoms with E-state index in [0.29, 0.717) is 41.8 Å². The molecule has 1 saturated heterocycles. The lowest BCUT2D eigenvalue weighted by Gasteiger charge is -2.35. The minimum absolute atomic E-state index is 0.0282. The maximum absolute atomic E-state index is 12.6. The van der Waals surface area contributed by atoms with Crippen molar-refractivity contribution in [3.8, 4) is 11.3 Å². The fourth-order valence-corrected chi connectivity index (χ4v) is 3.43. The third-order valence-electron chi connectivity index (χ3n) is 4.77. The normalized spacial score (nSPS) is 14.2. The number of aromatic nitrogens is 2. The highest BCUT2D eigenvalue weighted by molar-refractivity contribution is 6.30. The predicted octanol–water partition coefficient (Wildman–Crippen LogP) is 4.41. The first-order chi connectivity index (χ1) is 13.6. The van der Waals surface area contributed by atoms with Gasteiger partial charge in [-0.25, -0.2) is 0 Å². The Hall–Kier alpha value is -2.63. The molecule has 7 heteroatoms. The van der Waals surface area contributed by atoms with Gasteiger partial charge in [-0.1, -0.05) is 35.3 Å². The Labute approximate surface area is 173 Å². The summed E-state index contributed by atoms with van der Waals surface area (Å²) in [5.41, 5.74) is 2.43. The molecule has 3 aromatic rings. The lowest BCUT2D eigenvalue weighted by atomic mass is 10.1. The summed E-state index contributed by atoms with van der Waals surface area (Å²) in [5, 5.41) is 10.0. The van der Waals surface area contributed by atoms with Gasteiger partial charge in [0.2, 0.25) is 0 Å². The van der Waals surface area contributed by atoms with Crippen LogP contribution in [0.5, 0.6) is 0 Å². The first-order valence-corrected chi connectivity index (χ1v) is 9.75. The standard InChI is InChI=1S/C21H18Cl2N4O/c22-17-5-1-15(2-6-17)19-9-10-20(25-24-19)26-11-13-27(14-12-26)21(28)16-3-7-18(23)8-4-16/h1-10H,11-14H2. The molecule has 1 fully saturated rings. The van der Waals surface area contributed by atoms with Gasteiger partial charge in [0.1, 0.15) is 0 Å². The molecule has 1 aliphatic heterocycles. The highest BCUT2D eigenvalue weighted by atomic mass is 35.5. The molecular formula is C21H18Cl2N4O. The van der Waals surface area contributed by atoms with Gasteiger partial charge >= 0.3 is 0 Å². The van der Waals surface area contributed by atoms with E-state index in [1.165, 1.54) is 0 Å². The molecule has 1 aliphatic rings. The first-order valence-electron chi connectivity index (χ1n) is 8.99. The van der Waals surface area contributed by atoms with Gasteiger partial charge in [0, 0.05) is 47.4 Å². The van der Waals surface area contributed by atoms with Crippen LogP contribution < -0.4 is 4.90 Å². The topological polar surface area (TPSA) is 49.3 Å². The number of halogens is 2. The monoisotopic (exact) mass is 412 g/mol. The van der Waals surface area contributed by atoms with Gasteiger partial charge in [-0.2, -0.15) is 0 Å². The van der Waals surface area contributed by atoms with E-state index in [9.17, 15) is 4.79 Å². The summed E-state index contributed by atoms with van der Waals surface area (Å²) >= 11 is 11.8. The molecule has 2 aromatic carbocycles. The SMILES string of the molecule is O=C(c1ccc(Cl)cc1)N1CCN(c2ccc(-c3ccc(Cl)cc3)nn2)CC1. The summed E-state index contributed by atoms with van der Waals surface area (Å²) in [7, 11) is 0. The Balaban J connectivity index is 1.39. The number of rotatable bonds is 3. The zero-order valence-corrected chi connectivity index (χ0v) is 16.6. The quantitative estimate of drug-likeness (QED) is 0.638. The molecule has 0 unspecified atom stereocenters. The summed E-state index contributed by atoms with van der Waals surface area (Å²) in [4.78, 5) is 16.6. The largest absolute Gasteiger partial charge is 0.352 e. The van der Waals surface area contributed by atoms with Crippen molar-refractivity contribution in [1.29, 1.82) is 0 Å². The van der Waals surface area contributed by atoms with Gasteiger partial charge in [-0.05, 0) is 48.5 Å². The van der Waals surface area contributed by atoms with Crippen LogP contribution in [0, 0.1) is 0 Å². The molecule has 0 saturated carbocycles. The Morgan fingerprint density at radius 1 is 0.750 bits per heavy atom. The molecule has 0 spiro atoms. The van der Waals surface area contributed by atoms with Gasteiger partial charge in [-0.3, -0.25) is 4.79 Å². The number of hydrogen-bond acceptors (Lipinski definition) is 4. The van der Waals surface area contributed by atoms with Crippen molar-refractivity contribution >= 4 is 34.9 Å². The lowest BCUT2D eigenvalue weighted by Crippen LogP contribution is -2.49. The molecular weight excluding hydrogens is 395 g/mol. The number of piperazine rings is 1. The molecule has 1 aromatic heterocycles. The van der Waals surface area contributed by atoms with E-state index >= 15 is 0 Å². The molecule has 0 N–H and O–H groups in total. The van der Waals surface area contributed by atoms with Crippen LogP contribution >= 0.6 is 23.2 Å². The van der Waals surface area contributed by atoms with E-state index < -0.39 is 0 Å². The number of benzene rings is 2. The summed E-state index contributed by atoms with van der Waals surface area (Å²) in [5.74, 6) is 0.844. The second kappa shape index (κ2) is 8.17. The molecule has 0 bridgehead atoms. The van der Waals surface area contributed by atoms with Gasteiger partial charge in [0.05, 0.1) is 5.69 Å². The van der Waals surface area contributed by atoms with E-state index in [1.54, 1.807) is 24.3 Å². The Morgan fingerprint density at radius 2 is 1.36 bits per heavy atom. The second-order valence-electron chi connectivity index (χ2n) is 6.57. The van der Waals surface area contributed by atoms with E-state index in [-0.39, 0.29) is 5.91 Å². The van der Waals surface area contributed by atoms with Crippen molar-refractivity contribution in [2.24, 2.45) is 0 Å². The fourth-order valence-electron chi connectivity index (χ4n) is 3.18. The Bertz CT molecular complexity index is 951. The highest BCUT2D eigenvalue weighted by Gasteiger charge is 2.23. The zero-order valence-electron chi connectivity index (χ0n) is 15.1. The number of amides is 1. The van der Waals surface area contributed by atoms with Crippen molar-refractivity contribution < 1.29 is 4.79 Å². The number of nitrogens with zero attached hydrogens (tertiary/aromatic N) is 4. The second-order valence-corrected chi connectivity index (χ2v) is 7.44.